The molecule has 0 spiro atoms. The van der Waals surface area contributed by atoms with Crippen LogP contribution in [0, 0.1) is 18.3 Å². The number of benzene rings is 1. The van der Waals surface area contributed by atoms with Crippen molar-refractivity contribution >= 4 is 17.6 Å². The molecule has 3 rings (SSSR count). The van der Waals surface area contributed by atoms with E-state index in [1.54, 1.807) is 18.5 Å². The van der Waals surface area contributed by atoms with Crippen LogP contribution in [0.2, 0.25) is 5.15 Å². The zero-order chi connectivity index (χ0) is 21.8. The fourth-order valence-electron chi connectivity index (χ4n) is 3.53. The first kappa shape index (κ1) is 21.5. The quantitative estimate of drug-likeness (QED) is 0.692. The molecule has 0 bridgehead atoms. The minimum atomic E-state index is -0.825. The molecule has 0 saturated carbocycles. The fourth-order valence-corrected chi connectivity index (χ4v) is 3.91. The van der Waals surface area contributed by atoms with E-state index >= 15 is 0 Å². The number of para-hydroxylation sites is 1. The predicted molar refractivity (Wildman–Crippen MR) is 113 cm³/mol. The van der Waals surface area contributed by atoms with Gasteiger partial charge in [-0.15, -0.1) is 0 Å². The second-order valence-corrected chi connectivity index (χ2v) is 7.13. The number of aryl methyl sites for hydroxylation is 1. The first-order chi connectivity index (χ1) is 14.4. The molecule has 1 atom stereocenters. The summed E-state index contributed by atoms with van der Waals surface area (Å²) >= 11 is 6.75. The van der Waals surface area contributed by atoms with Gasteiger partial charge in [-0.3, -0.25) is 0 Å². The van der Waals surface area contributed by atoms with Crippen molar-refractivity contribution in [2.75, 3.05) is 6.61 Å². The summed E-state index contributed by atoms with van der Waals surface area (Å²) < 4.78 is 12.5. The normalized spacial score (nSPS) is 16.3. The van der Waals surface area contributed by atoms with Gasteiger partial charge in [-0.1, -0.05) is 36.7 Å². The summed E-state index contributed by atoms with van der Waals surface area (Å²) in [5.74, 6) is -1.04. The minimum absolute atomic E-state index is 0.0399. The topological polar surface area (TPSA) is 103 Å². The fraction of sp³-hybridized carbons (Fsp3) is 0.318. The summed E-state index contributed by atoms with van der Waals surface area (Å²) in [5.41, 5.74) is 8.28. The Balaban J connectivity index is 2.26. The van der Waals surface area contributed by atoms with Gasteiger partial charge in [-0.05, 0) is 32.4 Å². The number of carbonyl (C=O) groups is 1. The number of esters is 1. The van der Waals surface area contributed by atoms with Gasteiger partial charge in [-0.2, -0.15) is 10.4 Å². The van der Waals surface area contributed by atoms with E-state index in [1.165, 1.54) is 0 Å². The van der Waals surface area contributed by atoms with E-state index in [4.69, 9.17) is 26.8 Å². The van der Waals surface area contributed by atoms with E-state index in [9.17, 15) is 10.1 Å². The van der Waals surface area contributed by atoms with Gasteiger partial charge < -0.3 is 15.2 Å². The van der Waals surface area contributed by atoms with Crippen LogP contribution in [0.25, 0.3) is 5.69 Å². The van der Waals surface area contributed by atoms with E-state index in [2.05, 4.69) is 11.2 Å². The summed E-state index contributed by atoms with van der Waals surface area (Å²) in [5, 5.41) is 14.7. The molecule has 1 aromatic carbocycles. The molecule has 1 aromatic heterocycles. The molecule has 0 aliphatic carbocycles. The van der Waals surface area contributed by atoms with Crippen LogP contribution in [0.15, 0.2) is 53.1 Å². The third kappa shape index (κ3) is 3.79. The zero-order valence-electron chi connectivity index (χ0n) is 17.1. The van der Waals surface area contributed by atoms with Gasteiger partial charge in [0, 0.05) is 12.0 Å². The van der Waals surface area contributed by atoms with Crippen LogP contribution in [0.5, 0.6) is 0 Å². The summed E-state index contributed by atoms with van der Waals surface area (Å²) in [6.07, 6.45) is 1.18. The number of nitriles is 1. The number of rotatable bonds is 6. The predicted octanol–water partition coefficient (Wildman–Crippen LogP) is 4.26. The molecule has 0 unspecified atom stereocenters. The maximum Gasteiger partial charge on any atom is 0.338 e. The Labute approximate surface area is 180 Å². The van der Waals surface area contributed by atoms with Crippen molar-refractivity contribution in [3.8, 4) is 11.8 Å². The summed E-state index contributed by atoms with van der Waals surface area (Å²) in [7, 11) is 0. The molecule has 30 heavy (non-hydrogen) atoms. The van der Waals surface area contributed by atoms with Gasteiger partial charge >= 0.3 is 5.97 Å². The van der Waals surface area contributed by atoms with Crippen molar-refractivity contribution in [1.82, 2.24) is 9.78 Å². The van der Waals surface area contributed by atoms with Gasteiger partial charge in [0.2, 0.25) is 5.88 Å². The summed E-state index contributed by atoms with van der Waals surface area (Å²) in [6.45, 7) is 5.65. The van der Waals surface area contributed by atoms with Crippen LogP contribution in [0.4, 0.5) is 0 Å². The molecule has 8 heteroatoms. The largest absolute Gasteiger partial charge is 0.463 e. The van der Waals surface area contributed by atoms with E-state index < -0.39 is 11.9 Å². The van der Waals surface area contributed by atoms with Crippen LogP contribution in [0.1, 0.15) is 43.9 Å². The Bertz CT molecular complexity index is 1060. The molecule has 0 radical (unpaired) electrons. The van der Waals surface area contributed by atoms with Gasteiger partial charge in [-0.25, -0.2) is 9.48 Å². The Morgan fingerprint density at radius 1 is 1.37 bits per heavy atom. The lowest BCUT2D eigenvalue weighted by atomic mass is 9.82. The van der Waals surface area contributed by atoms with E-state index in [0.29, 0.717) is 28.6 Å². The number of hydrogen-bond acceptors (Lipinski definition) is 6. The first-order valence-electron chi connectivity index (χ1n) is 9.72. The number of aromatic nitrogens is 2. The zero-order valence-corrected chi connectivity index (χ0v) is 17.9. The molecule has 7 nitrogen and oxygen atoms in total. The molecule has 1 aliphatic rings. The second kappa shape index (κ2) is 9.06. The summed E-state index contributed by atoms with van der Waals surface area (Å²) in [6, 6.07) is 11.5. The van der Waals surface area contributed by atoms with Crippen molar-refractivity contribution in [2.24, 2.45) is 5.73 Å². The molecular formula is C22H23ClN4O3. The SMILES string of the molecule is CCCC1=C(C(=O)OCC)[C@@H](c2c(C)nn(-c3ccccc3)c2Cl)C(C#N)=C(N)O1. The van der Waals surface area contributed by atoms with Crippen molar-refractivity contribution in [3.05, 3.63) is 69.5 Å². The Morgan fingerprint density at radius 2 is 2.07 bits per heavy atom. The average molecular weight is 427 g/mol. The van der Waals surface area contributed by atoms with Crippen LogP contribution in [-0.2, 0) is 14.3 Å². The van der Waals surface area contributed by atoms with Crippen molar-refractivity contribution < 1.29 is 14.3 Å². The highest BCUT2D eigenvalue weighted by molar-refractivity contribution is 6.31. The molecule has 0 saturated heterocycles. The van der Waals surface area contributed by atoms with Gasteiger partial charge in [0.05, 0.1) is 29.5 Å². The molecule has 0 fully saturated rings. The number of nitrogens with zero attached hydrogens (tertiary/aromatic N) is 3. The van der Waals surface area contributed by atoms with Gasteiger partial charge in [0.25, 0.3) is 0 Å². The number of allylic oxidation sites excluding steroid dienone is 2. The highest BCUT2D eigenvalue weighted by Crippen LogP contribution is 2.44. The van der Waals surface area contributed by atoms with E-state index in [1.807, 2.05) is 37.3 Å². The number of halogens is 1. The van der Waals surface area contributed by atoms with E-state index in [-0.39, 0.29) is 23.6 Å². The lowest BCUT2D eigenvalue weighted by Gasteiger charge is -2.28. The third-order valence-electron chi connectivity index (χ3n) is 4.81. The number of hydrogen-bond donors (Lipinski definition) is 1. The maximum absolute atomic E-state index is 12.9. The van der Waals surface area contributed by atoms with Crippen LogP contribution in [-0.4, -0.2) is 22.4 Å². The van der Waals surface area contributed by atoms with E-state index in [0.717, 1.165) is 12.1 Å². The van der Waals surface area contributed by atoms with Gasteiger partial charge in [0.15, 0.2) is 0 Å². The second-order valence-electron chi connectivity index (χ2n) is 6.77. The lowest BCUT2D eigenvalue weighted by Crippen LogP contribution is -2.26. The molecule has 2 aromatic rings. The Morgan fingerprint density at radius 3 is 2.67 bits per heavy atom. The maximum atomic E-state index is 12.9. The van der Waals surface area contributed by atoms with Crippen LogP contribution in [0.3, 0.4) is 0 Å². The number of ether oxygens (including phenoxy) is 2. The molecule has 1 aliphatic heterocycles. The molecule has 2 N–H and O–H groups in total. The van der Waals surface area contributed by atoms with Crippen molar-refractivity contribution in [2.45, 2.75) is 39.5 Å². The Kier molecular flexibility index (Phi) is 6.48. The third-order valence-corrected chi connectivity index (χ3v) is 5.17. The smallest absolute Gasteiger partial charge is 0.338 e. The molecular weight excluding hydrogens is 404 g/mol. The molecule has 156 valence electrons. The number of nitrogens with two attached hydrogens (primary N) is 1. The first-order valence-corrected chi connectivity index (χ1v) is 10.1. The highest BCUT2D eigenvalue weighted by atomic mass is 35.5. The van der Waals surface area contributed by atoms with Crippen LogP contribution >= 0.6 is 11.6 Å². The van der Waals surface area contributed by atoms with Crippen molar-refractivity contribution in [3.63, 3.8) is 0 Å². The van der Waals surface area contributed by atoms with Crippen molar-refractivity contribution in [1.29, 1.82) is 5.26 Å². The average Bonchev–Trinajstić information content (AvgIpc) is 3.02. The standard InChI is InChI=1S/C22H23ClN4O3/c1-4-9-16-19(22(28)29-5-2)18(15(12-24)21(25)30-16)17-13(3)26-27(20(17)23)14-10-7-6-8-11-14/h6-8,10-11,18H,4-5,9,25H2,1-3H3/t18-/m1/s1. The van der Waals surface area contributed by atoms with Gasteiger partial charge in [0.1, 0.15) is 22.6 Å². The number of carbonyl (C=O) groups excluding carboxylic acids is 1. The summed E-state index contributed by atoms with van der Waals surface area (Å²) in [4.78, 5) is 12.9. The minimum Gasteiger partial charge on any atom is -0.463 e. The lowest BCUT2D eigenvalue weighted by molar-refractivity contribution is -0.139. The molecule has 2 heterocycles. The molecule has 0 amide bonds. The van der Waals surface area contributed by atoms with Crippen LogP contribution < -0.4 is 5.73 Å². The monoisotopic (exact) mass is 426 g/mol. The highest BCUT2D eigenvalue weighted by Gasteiger charge is 2.40. The Hall–Kier alpha value is -3.24.